The van der Waals surface area contributed by atoms with E-state index in [2.05, 4.69) is 19.8 Å². The second kappa shape index (κ2) is 5.94. The third-order valence-electron chi connectivity index (χ3n) is 2.07. The Balaban J connectivity index is 2.16. The van der Waals surface area contributed by atoms with Crippen molar-refractivity contribution in [3.05, 3.63) is 18.2 Å². The molecule has 0 aliphatic carbocycles. The van der Waals surface area contributed by atoms with Crippen LogP contribution >= 0.6 is 22.9 Å². The lowest BCUT2D eigenvalue weighted by Gasteiger charge is -2.07. The minimum atomic E-state index is -4.76. The van der Waals surface area contributed by atoms with Gasteiger partial charge < -0.3 is 9.47 Å². The molecule has 21 heavy (non-hydrogen) atoms. The zero-order chi connectivity index (χ0) is 15.6. The molecular weight excluding hydrogens is 333 g/mol. The predicted molar refractivity (Wildman–Crippen MR) is 71.7 cm³/mol. The number of ether oxygens (including phenoxy) is 2. The molecule has 0 saturated heterocycles. The minimum Gasteiger partial charge on any atom is -0.430 e. The van der Waals surface area contributed by atoms with Crippen LogP contribution in [-0.4, -0.2) is 23.0 Å². The highest BCUT2D eigenvalue weighted by molar-refractivity contribution is 7.22. The van der Waals surface area contributed by atoms with E-state index in [0.29, 0.717) is 10.2 Å². The number of alkyl halides is 4. The molecule has 10 heteroatoms. The average Bonchev–Trinajstić information content (AvgIpc) is 2.66. The number of fused-ring (bicyclic) bond motifs is 1. The second-order valence-electron chi connectivity index (χ2n) is 3.77. The van der Waals surface area contributed by atoms with Crippen LogP contribution in [0.2, 0.25) is 0 Å². The Hall–Kier alpha value is -1.74. The molecule has 2 rings (SSSR count). The Bertz CT molecular complexity index is 660. The average molecular weight is 341 g/mol. The number of amides is 1. The van der Waals surface area contributed by atoms with Crippen LogP contribution in [-0.2, 0) is 4.74 Å². The van der Waals surface area contributed by atoms with Crippen LogP contribution in [0.3, 0.4) is 0 Å². The van der Waals surface area contributed by atoms with E-state index < -0.39 is 18.0 Å². The maximum atomic E-state index is 12.1. The molecular formula is C11H8ClF3N2O3S. The summed E-state index contributed by atoms with van der Waals surface area (Å²) in [6.07, 6.45) is -5.57. The van der Waals surface area contributed by atoms with Gasteiger partial charge in [-0.05, 0) is 19.1 Å². The maximum absolute atomic E-state index is 12.1. The zero-order valence-electron chi connectivity index (χ0n) is 10.4. The molecule has 114 valence electrons. The van der Waals surface area contributed by atoms with Crippen LogP contribution in [0.1, 0.15) is 6.92 Å². The highest BCUT2D eigenvalue weighted by atomic mass is 35.5. The Morgan fingerprint density at radius 2 is 2.19 bits per heavy atom. The first-order valence-corrected chi connectivity index (χ1v) is 6.76. The van der Waals surface area contributed by atoms with Crippen molar-refractivity contribution in [3.63, 3.8) is 0 Å². The summed E-state index contributed by atoms with van der Waals surface area (Å²) in [5, 5.41) is 2.51. The summed E-state index contributed by atoms with van der Waals surface area (Å²) in [5.41, 5.74) is -0.394. The zero-order valence-corrected chi connectivity index (χ0v) is 12.0. The van der Waals surface area contributed by atoms with Crippen LogP contribution < -0.4 is 10.1 Å². The number of carbonyl (C=O) groups is 1. The highest BCUT2D eigenvalue weighted by Gasteiger charge is 2.31. The number of anilines is 1. The SMILES string of the molecule is CC(Cl)OC(=O)Nc1nc2ccc(OC(F)(F)F)cc2s1. The fourth-order valence-corrected chi connectivity index (χ4v) is 2.38. The number of hydrogen-bond acceptors (Lipinski definition) is 5. The number of aromatic nitrogens is 1. The number of rotatable bonds is 3. The number of nitrogens with one attached hydrogen (secondary N) is 1. The van der Waals surface area contributed by atoms with Gasteiger partial charge in [-0.3, -0.25) is 5.32 Å². The number of nitrogens with zero attached hydrogens (tertiary/aromatic N) is 1. The molecule has 2 aromatic rings. The third kappa shape index (κ3) is 4.64. The van der Waals surface area contributed by atoms with Crippen LogP contribution in [0, 0.1) is 0 Å². The molecule has 0 aliphatic heterocycles. The summed E-state index contributed by atoms with van der Waals surface area (Å²) >= 11 is 6.46. The molecule has 1 amide bonds. The van der Waals surface area contributed by atoms with Crippen molar-refractivity contribution in [1.82, 2.24) is 4.98 Å². The van der Waals surface area contributed by atoms with Crippen molar-refractivity contribution in [1.29, 1.82) is 0 Å². The van der Waals surface area contributed by atoms with Crippen LogP contribution in [0.4, 0.5) is 23.1 Å². The number of halogens is 4. The quantitative estimate of drug-likeness (QED) is 0.845. The molecule has 0 saturated carbocycles. The summed E-state index contributed by atoms with van der Waals surface area (Å²) in [5.74, 6) is -0.359. The topological polar surface area (TPSA) is 60.5 Å². The summed E-state index contributed by atoms with van der Waals surface area (Å²) in [7, 11) is 0. The van der Waals surface area contributed by atoms with E-state index in [0.717, 1.165) is 17.4 Å². The molecule has 1 N–H and O–H groups in total. The van der Waals surface area contributed by atoms with Gasteiger partial charge in [-0.15, -0.1) is 13.2 Å². The number of thiazole rings is 1. The highest BCUT2D eigenvalue weighted by Crippen LogP contribution is 2.31. The monoisotopic (exact) mass is 340 g/mol. The fourth-order valence-electron chi connectivity index (χ4n) is 1.42. The lowest BCUT2D eigenvalue weighted by molar-refractivity contribution is -0.274. The van der Waals surface area contributed by atoms with Crippen LogP contribution in [0.5, 0.6) is 5.75 Å². The van der Waals surface area contributed by atoms with Gasteiger partial charge in [0.1, 0.15) is 5.75 Å². The minimum absolute atomic E-state index is 0.177. The lowest BCUT2D eigenvalue weighted by Crippen LogP contribution is -2.16. The van der Waals surface area contributed by atoms with E-state index >= 15 is 0 Å². The van der Waals surface area contributed by atoms with Gasteiger partial charge in [0.15, 0.2) is 10.7 Å². The van der Waals surface area contributed by atoms with Crippen molar-refractivity contribution in [2.45, 2.75) is 18.8 Å². The molecule has 1 unspecified atom stereocenters. The number of hydrogen-bond donors (Lipinski definition) is 1. The van der Waals surface area contributed by atoms with E-state index in [1.165, 1.54) is 19.1 Å². The van der Waals surface area contributed by atoms with Gasteiger partial charge in [0, 0.05) is 6.07 Å². The van der Waals surface area contributed by atoms with Gasteiger partial charge in [0.25, 0.3) is 0 Å². The molecule has 0 fully saturated rings. The van der Waals surface area contributed by atoms with Crippen LogP contribution in [0.25, 0.3) is 10.2 Å². The molecule has 0 spiro atoms. The largest absolute Gasteiger partial charge is 0.573 e. The Kier molecular flexibility index (Phi) is 4.43. The molecule has 1 atom stereocenters. The Morgan fingerprint density at radius 1 is 1.48 bits per heavy atom. The normalized spacial score (nSPS) is 13.0. The Labute approximate surface area is 125 Å². The lowest BCUT2D eigenvalue weighted by atomic mass is 10.3. The van der Waals surface area contributed by atoms with Gasteiger partial charge in [-0.1, -0.05) is 22.9 Å². The van der Waals surface area contributed by atoms with E-state index in [9.17, 15) is 18.0 Å². The van der Waals surface area contributed by atoms with Crippen molar-refractivity contribution in [2.24, 2.45) is 0 Å². The van der Waals surface area contributed by atoms with Gasteiger partial charge in [0.2, 0.25) is 0 Å². The molecule has 1 heterocycles. The first kappa shape index (κ1) is 15.6. The molecule has 1 aromatic heterocycles. The molecule has 1 aromatic carbocycles. The van der Waals surface area contributed by atoms with Gasteiger partial charge >= 0.3 is 12.5 Å². The number of carbonyl (C=O) groups excluding carboxylic acids is 1. The van der Waals surface area contributed by atoms with Crippen molar-refractivity contribution in [2.75, 3.05) is 5.32 Å². The van der Waals surface area contributed by atoms with E-state index in [-0.39, 0.29) is 10.9 Å². The van der Waals surface area contributed by atoms with Crippen molar-refractivity contribution >= 4 is 44.4 Å². The van der Waals surface area contributed by atoms with Crippen LogP contribution in [0.15, 0.2) is 18.2 Å². The van der Waals surface area contributed by atoms with E-state index in [1.54, 1.807) is 0 Å². The maximum Gasteiger partial charge on any atom is 0.573 e. The van der Waals surface area contributed by atoms with E-state index in [4.69, 9.17) is 11.6 Å². The predicted octanol–water partition coefficient (Wildman–Crippen LogP) is 4.33. The van der Waals surface area contributed by atoms with Gasteiger partial charge in [0.05, 0.1) is 10.2 Å². The van der Waals surface area contributed by atoms with Crippen molar-refractivity contribution in [3.8, 4) is 5.75 Å². The molecule has 0 bridgehead atoms. The number of benzene rings is 1. The second-order valence-corrected chi connectivity index (χ2v) is 5.41. The standard InChI is InChI=1S/C11H8ClF3N2O3S/c1-5(12)19-10(18)17-9-16-7-3-2-6(4-8(7)21-9)20-11(13,14)15/h2-5H,1H3,(H,16,17,18). The Morgan fingerprint density at radius 3 is 2.81 bits per heavy atom. The smallest absolute Gasteiger partial charge is 0.430 e. The third-order valence-corrected chi connectivity index (χ3v) is 3.09. The first-order chi connectivity index (χ1) is 9.73. The fraction of sp³-hybridized carbons (Fsp3) is 0.273. The first-order valence-electron chi connectivity index (χ1n) is 5.51. The summed E-state index contributed by atoms with van der Waals surface area (Å²) < 4.78 is 45.2. The summed E-state index contributed by atoms with van der Waals surface area (Å²) in [6.45, 7) is 1.46. The van der Waals surface area contributed by atoms with E-state index in [1.807, 2.05) is 0 Å². The molecule has 0 radical (unpaired) electrons. The molecule has 5 nitrogen and oxygen atoms in total. The summed E-state index contributed by atoms with van der Waals surface area (Å²) in [6, 6.07) is 3.67. The van der Waals surface area contributed by atoms with Gasteiger partial charge in [-0.2, -0.15) is 0 Å². The summed E-state index contributed by atoms with van der Waals surface area (Å²) in [4.78, 5) is 15.4. The molecule has 0 aliphatic rings. The van der Waals surface area contributed by atoms with Crippen molar-refractivity contribution < 1.29 is 27.4 Å². The van der Waals surface area contributed by atoms with Gasteiger partial charge in [-0.25, -0.2) is 9.78 Å².